The predicted octanol–water partition coefficient (Wildman–Crippen LogP) is 4.94. The van der Waals surface area contributed by atoms with Gasteiger partial charge in [0.15, 0.2) is 0 Å². The molecular formula is C27H23N5O4S2. The van der Waals surface area contributed by atoms with Gasteiger partial charge in [-0.25, -0.2) is 18.4 Å². The van der Waals surface area contributed by atoms with E-state index in [1.54, 1.807) is 44.4 Å². The van der Waals surface area contributed by atoms with Gasteiger partial charge in [0, 0.05) is 17.4 Å². The molecule has 192 valence electrons. The van der Waals surface area contributed by atoms with Crippen LogP contribution in [0.1, 0.15) is 12.5 Å². The molecule has 0 aliphatic rings. The summed E-state index contributed by atoms with van der Waals surface area (Å²) in [6.07, 6.45) is 1.49. The second-order valence-corrected chi connectivity index (χ2v) is 11.0. The Labute approximate surface area is 225 Å². The van der Waals surface area contributed by atoms with Crippen LogP contribution in [0.4, 0.5) is 11.5 Å². The van der Waals surface area contributed by atoms with Gasteiger partial charge in [-0.2, -0.15) is 5.26 Å². The summed E-state index contributed by atoms with van der Waals surface area (Å²) in [6.45, 7) is 1.71. The lowest BCUT2D eigenvalue weighted by molar-refractivity contribution is -0.115. The molecule has 1 amide bonds. The Balaban J connectivity index is 1.44. The van der Waals surface area contributed by atoms with Crippen molar-refractivity contribution in [2.75, 3.05) is 17.1 Å². The number of carbonyl (C=O) groups is 1. The number of ether oxygens (including phenoxy) is 1. The van der Waals surface area contributed by atoms with Crippen LogP contribution in [0.2, 0.25) is 0 Å². The van der Waals surface area contributed by atoms with Crippen LogP contribution < -0.4 is 14.8 Å². The molecule has 0 radical (unpaired) electrons. The molecule has 0 saturated carbocycles. The highest BCUT2D eigenvalue weighted by atomic mass is 32.2. The Morgan fingerprint density at radius 3 is 2.39 bits per heavy atom. The molecule has 0 saturated heterocycles. The number of benzene rings is 2. The Kier molecular flexibility index (Phi) is 8.25. The number of sulfonamides is 1. The molecule has 4 aromatic rings. The van der Waals surface area contributed by atoms with E-state index in [-0.39, 0.29) is 16.6 Å². The van der Waals surface area contributed by atoms with Crippen LogP contribution in [0, 0.1) is 11.3 Å². The lowest BCUT2D eigenvalue weighted by atomic mass is 10.1. The van der Waals surface area contributed by atoms with Gasteiger partial charge < -0.3 is 10.1 Å². The van der Waals surface area contributed by atoms with E-state index in [1.165, 1.54) is 30.5 Å². The maximum absolute atomic E-state index is 12.9. The zero-order valence-corrected chi connectivity index (χ0v) is 22.1. The summed E-state index contributed by atoms with van der Waals surface area (Å²) in [5.74, 6) is 0.604. The topological polar surface area (TPSA) is 134 Å². The zero-order valence-electron chi connectivity index (χ0n) is 20.5. The second kappa shape index (κ2) is 11.8. The van der Waals surface area contributed by atoms with Crippen molar-refractivity contribution in [1.82, 2.24) is 9.97 Å². The van der Waals surface area contributed by atoms with Crippen molar-refractivity contribution < 1.29 is 17.9 Å². The molecule has 0 spiro atoms. The minimum atomic E-state index is -3.83. The number of hydrogen-bond acceptors (Lipinski definition) is 8. The standard InChI is InChI=1S/C27H23N5O4S2/c1-18(37-27-20(17-28)8-15-24(31-27)19-6-11-22(36-2)12-7-19)26(33)30-21-9-13-23(14-10-21)38(34,35)32-25-5-3-4-16-29-25/h3-16,18H,1-2H3,(H,29,32)(H,30,33). The average molecular weight is 546 g/mol. The molecular weight excluding hydrogens is 522 g/mol. The van der Waals surface area contributed by atoms with Gasteiger partial charge in [0.05, 0.1) is 28.5 Å². The van der Waals surface area contributed by atoms with Gasteiger partial charge in [0.2, 0.25) is 5.91 Å². The minimum Gasteiger partial charge on any atom is -0.497 e. The van der Waals surface area contributed by atoms with E-state index in [2.05, 4.69) is 26.1 Å². The number of thioether (sulfide) groups is 1. The first-order valence-electron chi connectivity index (χ1n) is 11.4. The number of nitrogens with one attached hydrogen (secondary N) is 2. The lowest BCUT2D eigenvalue weighted by Crippen LogP contribution is -2.22. The Morgan fingerprint density at radius 1 is 1.03 bits per heavy atom. The van der Waals surface area contributed by atoms with Crippen LogP contribution in [-0.2, 0) is 14.8 Å². The number of hydrogen-bond donors (Lipinski definition) is 2. The summed E-state index contributed by atoms with van der Waals surface area (Å²) in [5.41, 5.74) is 2.31. The largest absolute Gasteiger partial charge is 0.497 e. The maximum atomic E-state index is 12.9. The molecule has 2 N–H and O–H groups in total. The van der Waals surface area contributed by atoms with Crippen molar-refractivity contribution in [3.05, 3.63) is 90.6 Å². The fourth-order valence-corrected chi connectivity index (χ4v) is 5.24. The van der Waals surface area contributed by atoms with Crippen LogP contribution in [0.15, 0.2) is 95.0 Å². The van der Waals surface area contributed by atoms with Crippen LogP contribution in [-0.4, -0.2) is 36.7 Å². The van der Waals surface area contributed by atoms with Gasteiger partial charge in [0.1, 0.15) is 22.7 Å². The highest BCUT2D eigenvalue weighted by molar-refractivity contribution is 8.00. The summed E-state index contributed by atoms with van der Waals surface area (Å²) >= 11 is 1.16. The highest BCUT2D eigenvalue weighted by Gasteiger charge is 2.19. The predicted molar refractivity (Wildman–Crippen MR) is 146 cm³/mol. The van der Waals surface area contributed by atoms with Crippen molar-refractivity contribution in [2.24, 2.45) is 0 Å². The third kappa shape index (κ3) is 6.47. The van der Waals surface area contributed by atoms with E-state index in [9.17, 15) is 18.5 Å². The summed E-state index contributed by atoms with van der Waals surface area (Å²) in [4.78, 5) is 21.5. The molecule has 2 aromatic carbocycles. The first kappa shape index (κ1) is 26.7. The van der Waals surface area contributed by atoms with Crippen molar-refractivity contribution in [3.63, 3.8) is 0 Å². The molecule has 0 aliphatic heterocycles. The second-order valence-electron chi connectivity index (χ2n) is 7.98. The van der Waals surface area contributed by atoms with Crippen LogP contribution >= 0.6 is 11.8 Å². The molecule has 9 nitrogen and oxygen atoms in total. The van der Waals surface area contributed by atoms with Crippen molar-refractivity contribution in [2.45, 2.75) is 22.1 Å². The van der Waals surface area contributed by atoms with E-state index in [0.717, 1.165) is 23.1 Å². The normalized spacial score (nSPS) is 11.7. The van der Waals surface area contributed by atoms with Crippen LogP contribution in [0.5, 0.6) is 5.75 Å². The van der Waals surface area contributed by atoms with Gasteiger partial charge in [-0.05, 0) is 79.7 Å². The summed E-state index contributed by atoms with van der Waals surface area (Å²) in [5, 5.41) is 12.2. The monoisotopic (exact) mass is 545 g/mol. The molecule has 2 heterocycles. The molecule has 11 heteroatoms. The number of aromatic nitrogens is 2. The van der Waals surface area contributed by atoms with Gasteiger partial charge >= 0.3 is 0 Å². The number of amides is 1. The average Bonchev–Trinajstić information content (AvgIpc) is 2.93. The fraction of sp³-hybridized carbons (Fsp3) is 0.111. The molecule has 0 fully saturated rings. The molecule has 4 rings (SSSR count). The summed E-state index contributed by atoms with van der Waals surface area (Å²) in [7, 11) is -2.24. The molecule has 38 heavy (non-hydrogen) atoms. The Hall–Kier alpha value is -4.40. The van der Waals surface area contributed by atoms with Crippen molar-refractivity contribution >= 4 is 39.2 Å². The summed E-state index contributed by atoms with van der Waals surface area (Å²) in [6, 6.07) is 23.6. The van der Waals surface area contributed by atoms with Gasteiger partial charge in [-0.3, -0.25) is 9.52 Å². The third-order valence-corrected chi connectivity index (χ3v) is 7.83. The van der Waals surface area contributed by atoms with Gasteiger partial charge in [-0.15, -0.1) is 0 Å². The SMILES string of the molecule is COc1ccc(-c2ccc(C#N)c(SC(C)C(=O)Nc3ccc(S(=O)(=O)Nc4ccccn4)cc3)n2)cc1. The highest BCUT2D eigenvalue weighted by Crippen LogP contribution is 2.29. The van der Waals surface area contributed by atoms with Crippen molar-refractivity contribution in [3.8, 4) is 23.1 Å². The first-order chi connectivity index (χ1) is 18.3. The smallest absolute Gasteiger partial charge is 0.263 e. The molecule has 1 atom stereocenters. The number of rotatable bonds is 9. The van der Waals surface area contributed by atoms with Crippen LogP contribution in [0.25, 0.3) is 11.3 Å². The molecule has 0 bridgehead atoms. The molecule has 0 aliphatic carbocycles. The van der Waals surface area contributed by atoms with Gasteiger partial charge in [-0.1, -0.05) is 17.8 Å². The number of methoxy groups -OCH3 is 1. The Bertz CT molecular complexity index is 1570. The summed E-state index contributed by atoms with van der Waals surface area (Å²) < 4.78 is 32.8. The number of carbonyl (C=O) groups excluding carboxylic acids is 1. The van der Waals surface area contributed by atoms with E-state index in [0.29, 0.717) is 22.0 Å². The van der Waals surface area contributed by atoms with E-state index >= 15 is 0 Å². The molecule has 1 unspecified atom stereocenters. The quantitative estimate of drug-likeness (QED) is 0.282. The zero-order chi connectivity index (χ0) is 27.1. The van der Waals surface area contributed by atoms with E-state index in [1.807, 2.05) is 24.3 Å². The number of nitrogens with zero attached hydrogens (tertiary/aromatic N) is 3. The minimum absolute atomic E-state index is 0.0294. The van der Waals surface area contributed by atoms with E-state index < -0.39 is 15.3 Å². The number of pyridine rings is 2. The fourth-order valence-electron chi connectivity index (χ4n) is 3.34. The number of anilines is 2. The van der Waals surface area contributed by atoms with Crippen LogP contribution in [0.3, 0.4) is 0 Å². The van der Waals surface area contributed by atoms with Gasteiger partial charge in [0.25, 0.3) is 10.0 Å². The third-order valence-electron chi connectivity index (χ3n) is 5.36. The molecule has 2 aromatic heterocycles. The lowest BCUT2D eigenvalue weighted by Gasteiger charge is -2.14. The first-order valence-corrected chi connectivity index (χ1v) is 13.7. The van der Waals surface area contributed by atoms with E-state index in [4.69, 9.17) is 4.74 Å². The van der Waals surface area contributed by atoms with Crippen molar-refractivity contribution in [1.29, 1.82) is 5.26 Å². The number of nitriles is 1. The Morgan fingerprint density at radius 2 is 1.76 bits per heavy atom. The maximum Gasteiger partial charge on any atom is 0.263 e.